The first-order valence-electron chi connectivity index (χ1n) is 13.3. The summed E-state index contributed by atoms with van der Waals surface area (Å²) in [7, 11) is 0. The zero-order chi connectivity index (χ0) is 29.5. The molecule has 3 aromatic rings. The summed E-state index contributed by atoms with van der Waals surface area (Å²) in [6.45, 7) is 0.332. The van der Waals surface area contributed by atoms with E-state index in [1.807, 2.05) is 54.6 Å². The summed E-state index contributed by atoms with van der Waals surface area (Å²) >= 11 is 0. The van der Waals surface area contributed by atoms with Gasteiger partial charge in [0.25, 0.3) is 0 Å². The average Bonchev–Trinajstić information content (AvgIpc) is 3.60. The van der Waals surface area contributed by atoms with Crippen LogP contribution >= 0.6 is 0 Å². The lowest BCUT2D eigenvalue weighted by Gasteiger charge is -2.28. The van der Waals surface area contributed by atoms with Gasteiger partial charge in [-0.05, 0) is 36.5 Å². The number of hydrogen-bond acceptors (Lipinski definition) is 6. The van der Waals surface area contributed by atoms with Gasteiger partial charge in [-0.15, -0.1) is 0 Å². The van der Waals surface area contributed by atoms with Crippen molar-refractivity contribution >= 4 is 40.6 Å². The molecule has 4 rings (SSSR count). The number of carbonyl (C=O) groups is 5. The van der Waals surface area contributed by atoms with Gasteiger partial charge in [0.2, 0.25) is 17.7 Å². The van der Waals surface area contributed by atoms with Gasteiger partial charge in [-0.3, -0.25) is 19.2 Å². The molecule has 4 unspecified atom stereocenters. The molecule has 41 heavy (non-hydrogen) atoms. The van der Waals surface area contributed by atoms with E-state index in [4.69, 9.17) is 10.8 Å². The molecule has 1 saturated heterocycles. The second kappa shape index (κ2) is 13.1. The number of carboxylic acid groups (broad SMARTS) is 2. The molecule has 12 heteroatoms. The standard InChI is InChI=1S/C29H33N5O7/c30-20(13-17-7-2-1-3-8-17)28(39)34-12-6-11-24(34)27(38)32-22(26(37)33-23(29(40)41)15-25(35)36)14-18-16-31-21-10-5-4-9-19(18)21/h1-5,7-10,16,20,22-24,31H,6,11-15,30H2,(H,32,38)(H,33,37)(H,35,36)(H,40,41). The number of carbonyl (C=O) groups excluding carboxylic acids is 3. The molecular weight excluding hydrogens is 530 g/mol. The first-order chi connectivity index (χ1) is 19.6. The summed E-state index contributed by atoms with van der Waals surface area (Å²) in [6.07, 6.45) is 2.09. The summed E-state index contributed by atoms with van der Waals surface area (Å²) in [4.78, 5) is 67.3. The molecule has 0 saturated carbocycles. The molecule has 1 fully saturated rings. The maximum Gasteiger partial charge on any atom is 0.326 e. The molecule has 12 nitrogen and oxygen atoms in total. The van der Waals surface area contributed by atoms with Crippen molar-refractivity contribution in [3.63, 3.8) is 0 Å². The highest BCUT2D eigenvalue weighted by atomic mass is 16.4. The number of nitrogens with zero attached hydrogens (tertiary/aromatic N) is 1. The van der Waals surface area contributed by atoms with Gasteiger partial charge < -0.3 is 36.5 Å². The van der Waals surface area contributed by atoms with E-state index in [9.17, 15) is 29.1 Å². The van der Waals surface area contributed by atoms with Crippen LogP contribution in [-0.4, -0.2) is 80.5 Å². The second-order valence-electron chi connectivity index (χ2n) is 10.1. The molecule has 1 aliphatic heterocycles. The van der Waals surface area contributed by atoms with Crippen molar-refractivity contribution in [3.8, 4) is 0 Å². The molecule has 216 valence electrons. The fourth-order valence-corrected chi connectivity index (χ4v) is 5.12. The average molecular weight is 564 g/mol. The van der Waals surface area contributed by atoms with Crippen LogP contribution in [0.4, 0.5) is 0 Å². The third-order valence-corrected chi connectivity index (χ3v) is 7.18. The highest BCUT2D eigenvalue weighted by Gasteiger charge is 2.38. The minimum atomic E-state index is -1.69. The number of aromatic amines is 1. The lowest BCUT2D eigenvalue weighted by atomic mass is 10.0. The number of benzene rings is 2. The monoisotopic (exact) mass is 563 g/mol. The van der Waals surface area contributed by atoms with Crippen molar-refractivity contribution in [2.75, 3.05) is 6.54 Å². The Bertz CT molecular complexity index is 1420. The Morgan fingerprint density at radius 3 is 2.37 bits per heavy atom. The third kappa shape index (κ3) is 7.28. The highest BCUT2D eigenvalue weighted by molar-refractivity contribution is 5.95. The number of aliphatic carboxylic acids is 2. The lowest BCUT2D eigenvalue weighted by molar-refractivity contribution is -0.147. The van der Waals surface area contributed by atoms with E-state index in [2.05, 4.69) is 15.6 Å². The Balaban J connectivity index is 1.52. The molecule has 2 heterocycles. The van der Waals surface area contributed by atoms with E-state index in [0.29, 0.717) is 31.4 Å². The Labute approximate surface area is 235 Å². The van der Waals surface area contributed by atoms with Gasteiger partial charge in [0.15, 0.2) is 0 Å². The van der Waals surface area contributed by atoms with Crippen LogP contribution in [0.25, 0.3) is 10.9 Å². The Hall–Kier alpha value is -4.71. The fourth-order valence-electron chi connectivity index (χ4n) is 5.12. The van der Waals surface area contributed by atoms with Crippen LogP contribution in [-0.2, 0) is 36.8 Å². The van der Waals surface area contributed by atoms with Crippen LogP contribution in [0, 0.1) is 0 Å². The molecule has 1 aliphatic rings. The quantitative estimate of drug-likeness (QED) is 0.186. The molecular formula is C29H33N5O7. The summed E-state index contributed by atoms with van der Waals surface area (Å²) < 4.78 is 0. The van der Waals surface area contributed by atoms with Gasteiger partial charge in [-0.25, -0.2) is 4.79 Å². The van der Waals surface area contributed by atoms with Gasteiger partial charge in [-0.2, -0.15) is 0 Å². The van der Waals surface area contributed by atoms with E-state index in [1.165, 1.54) is 4.90 Å². The van der Waals surface area contributed by atoms with Crippen molar-refractivity contribution in [1.29, 1.82) is 0 Å². The highest BCUT2D eigenvalue weighted by Crippen LogP contribution is 2.22. The van der Waals surface area contributed by atoms with Crippen LogP contribution in [0.2, 0.25) is 0 Å². The minimum absolute atomic E-state index is 0.00478. The SMILES string of the molecule is NC(Cc1ccccc1)C(=O)N1CCCC1C(=O)NC(Cc1c[nH]c2ccccc12)C(=O)NC(CC(=O)O)C(=O)O. The third-order valence-electron chi connectivity index (χ3n) is 7.18. The van der Waals surface area contributed by atoms with Crippen molar-refractivity contribution in [1.82, 2.24) is 20.5 Å². The maximum absolute atomic E-state index is 13.5. The predicted molar refractivity (Wildman–Crippen MR) is 149 cm³/mol. The molecule has 2 aromatic carbocycles. The van der Waals surface area contributed by atoms with Gasteiger partial charge in [0.05, 0.1) is 12.5 Å². The molecule has 0 radical (unpaired) electrons. The molecule has 1 aromatic heterocycles. The zero-order valence-corrected chi connectivity index (χ0v) is 22.3. The molecule has 0 bridgehead atoms. The van der Waals surface area contributed by atoms with Crippen molar-refractivity contribution in [3.05, 3.63) is 71.9 Å². The normalized spacial score (nSPS) is 17.0. The number of likely N-dealkylation sites (tertiary alicyclic amines) is 1. The maximum atomic E-state index is 13.5. The summed E-state index contributed by atoms with van der Waals surface area (Å²) in [5, 5.41) is 24.3. The smallest absolute Gasteiger partial charge is 0.326 e. The molecule has 0 aliphatic carbocycles. The number of aromatic nitrogens is 1. The summed E-state index contributed by atoms with van der Waals surface area (Å²) in [5.41, 5.74) is 8.60. The van der Waals surface area contributed by atoms with E-state index in [0.717, 1.165) is 16.5 Å². The van der Waals surface area contributed by atoms with Crippen LogP contribution in [0.15, 0.2) is 60.8 Å². The summed E-state index contributed by atoms with van der Waals surface area (Å²) in [6, 6.07) is 12.0. The molecule has 4 atom stereocenters. The number of para-hydroxylation sites is 1. The molecule has 0 spiro atoms. The zero-order valence-electron chi connectivity index (χ0n) is 22.3. The van der Waals surface area contributed by atoms with Crippen molar-refractivity contribution in [2.24, 2.45) is 5.73 Å². The van der Waals surface area contributed by atoms with Gasteiger partial charge in [-0.1, -0.05) is 48.5 Å². The van der Waals surface area contributed by atoms with E-state index >= 15 is 0 Å². The summed E-state index contributed by atoms with van der Waals surface area (Å²) in [5.74, 6) is -4.72. The molecule has 7 N–H and O–H groups in total. The number of nitrogens with one attached hydrogen (secondary N) is 3. The fraction of sp³-hybridized carbons (Fsp3) is 0.345. The Morgan fingerprint density at radius 2 is 1.66 bits per heavy atom. The first-order valence-corrected chi connectivity index (χ1v) is 13.3. The minimum Gasteiger partial charge on any atom is -0.481 e. The van der Waals surface area contributed by atoms with Crippen LogP contribution in [0.5, 0.6) is 0 Å². The number of H-pyrrole nitrogens is 1. The number of nitrogens with two attached hydrogens (primary N) is 1. The largest absolute Gasteiger partial charge is 0.481 e. The van der Waals surface area contributed by atoms with Crippen LogP contribution in [0.3, 0.4) is 0 Å². The predicted octanol–water partition coefficient (Wildman–Crippen LogP) is 0.800. The number of carboxylic acids is 2. The van der Waals surface area contributed by atoms with Crippen LogP contribution < -0.4 is 16.4 Å². The first kappa shape index (κ1) is 29.3. The molecule has 3 amide bonds. The lowest BCUT2D eigenvalue weighted by Crippen LogP contribution is -2.57. The van der Waals surface area contributed by atoms with Gasteiger partial charge in [0, 0.05) is 30.1 Å². The topological polar surface area (TPSA) is 195 Å². The van der Waals surface area contributed by atoms with Gasteiger partial charge >= 0.3 is 11.9 Å². The number of hydrogen-bond donors (Lipinski definition) is 6. The Kier molecular flexibility index (Phi) is 9.35. The van der Waals surface area contributed by atoms with E-state index in [-0.39, 0.29) is 12.3 Å². The van der Waals surface area contributed by atoms with Crippen molar-refractivity contribution < 1.29 is 34.2 Å². The second-order valence-corrected chi connectivity index (χ2v) is 10.1. The van der Waals surface area contributed by atoms with E-state index < -0.39 is 54.3 Å². The Morgan fingerprint density at radius 1 is 0.951 bits per heavy atom. The number of rotatable bonds is 12. The van der Waals surface area contributed by atoms with Crippen LogP contribution in [0.1, 0.15) is 30.4 Å². The number of fused-ring (bicyclic) bond motifs is 1. The van der Waals surface area contributed by atoms with Crippen molar-refractivity contribution in [2.45, 2.75) is 56.3 Å². The van der Waals surface area contributed by atoms with E-state index in [1.54, 1.807) is 6.20 Å². The number of amides is 3. The van der Waals surface area contributed by atoms with Gasteiger partial charge in [0.1, 0.15) is 18.1 Å².